The minimum absolute atomic E-state index is 0.0435. The topological polar surface area (TPSA) is 47.1 Å². The Morgan fingerprint density at radius 2 is 1.96 bits per heavy atom. The molecule has 0 saturated heterocycles. The molecule has 1 aromatic carbocycles. The lowest BCUT2D eigenvalue weighted by Crippen LogP contribution is -2.62. The van der Waals surface area contributed by atoms with Gasteiger partial charge >= 0.3 is 0 Å². The van der Waals surface area contributed by atoms with Crippen molar-refractivity contribution in [2.45, 2.75) is 44.8 Å². The van der Waals surface area contributed by atoms with Crippen molar-refractivity contribution in [1.29, 1.82) is 0 Å². The summed E-state index contributed by atoms with van der Waals surface area (Å²) in [7, 11) is 1.85. The Labute approximate surface area is 136 Å². The summed E-state index contributed by atoms with van der Waals surface area (Å²) >= 11 is 0. The quantitative estimate of drug-likeness (QED) is 0.885. The number of fused-ring (bicyclic) bond motifs is 1. The number of hydrogen-bond donors (Lipinski definition) is 1. The zero-order valence-corrected chi connectivity index (χ0v) is 14.5. The third kappa shape index (κ3) is 2.48. The van der Waals surface area contributed by atoms with Gasteiger partial charge in [0.15, 0.2) is 0 Å². The second kappa shape index (κ2) is 5.14. The van der Waals surface area contributed by atoms with Crippen LogP contribution in [0.2, 0.25) is 0 Å². The third-order valence-corrected chi connectivity index (χ3v) is 5.37. The smallest absolute Gasteiger partial charge is 0.125 e. The van der Waals surface area contributed by atoms with Gasteiger partial charge < -0.3 is 5.73 Å². The molecule has 0 saturated carbocycles. The van der Waals surface area contributed by atoms with E-state index in [4.69, 9.17) is 5.73 Å². The first kappa shape index (κ1) is 16.1. The highest BCUT2D eigenvalue weighted by Gasteiger charge is 2.43. The molecule has 0 fully saturated rings. The van der Waals surface area contributed by atoms with Gasteiger partial charge in [0.1, 0.15) is 5.82 Å². The van der Waals surface area contributed by atoms with Gasteiger partial charge in [-0.1, -0.05) is 12.2 Å². The average molecular weight is 316 g/mol. The fraction of sp³-hybridized carbons (Fsp3) is 0.500. The number of halogens is 1. The molecule has 2 N–H and O–H groups in total. The maximum atomic E-state index is 13.5. The first-order valence-corrected chi connectivity index (χ1v) is 7.97. The van der Waals surface area contributed by atoms with Gasteiger partial charge in [-0.15, -0.1) is 0 Å². The number of aryl methyl sites for hydroxylation is 1. The molecule has 5 heteroatoms. The minimum atomic E-state index is -0.367. The molecule has 0 amide bonds. The summed E-state index contributed by atoms with van der Waals surface area (Å²) in [5, 5.41) is 5.66. The van der Waals surface area contributed by atoms with Crippen LogP contribution in [0.5, 0.6) is 0 Å². The van der Waals surface area contributed by atoms with Crippen LogP contribution in [0.4, 0.5) is 4.39 Å². The lowest BCUT2D eigenvalue weighted by Gasteiger charge is -2.48. The van der Waals surface area contributed by atoms with Crippen molar-refractivity contribution in [1.82, 2.24) is 14.7 Å². The van der Waals surface area contributed by atoms with Crippen LogP contribution in [0, 0.1) is 5.82 Å². The molecular formula is C18H25FN4. The Bertz CT molecular complexity index is 767. The predicted molar refractivity (Wildman–Crippen MR) is 91.6 cm³/mol. The van der Waals surface area contributed by atoms with Gasteiger partial charge in [0, 0.05) is 30.1 Å². The molecule has 3 rings (SSSR count). The number of rotatable bonds is 3. The van der Waals surface area contributed by atoms with E-state index in [-0.39, 0.29) is 22.9 Å². The van der Waals surface area contributed by atoms with Crippen LogP contribution in [0.1, 0.15) is 39.4 Å². The van der Waals surface area contributed by atoms with E-state index >= 15 is 0 Å². The molecule has 4 nitrogen and oxygen atoms in total. The van der Waals surface area contributed by atoms with E-state index in [2.05, 4.69) is 36.0 Å². The van der Waals surface area contributed by atoms with Crippen molar-refractivity contribution >= 4 is 10.9 Å². The molecule has 1 unspecified atom stereocenters. The van der Waals surface area contributed by atoms with E-state index in [9.17, 15) is 4.39 Å². The molecule has 0 spiro atoms. The average Bonchev–Trinajstić information content (AvgIpc) is 3.03. The van der Waals surface area contributed by atoms with Gasteiger partial charge in [0.2, 0.25) is 0 Å². The first-order valence-electron chi connectivity index (χ1n) is 7.97. The molecule has 0 bridgehead atoms. The summed E-state index contributed by atoms with van der Waals surface area (Å²) < 4.78 is 15.3. The summed E-state index contributed by atoms with van der Waals surface area (Å²) in [6, 6.07) is 4.89. The number of nitrogens with two attached hydrogens (primary N) is 1. The second-order valence-electron chi connectivity index (χ2n) is 7.48. The van der Waals surface area contributed by atoms with Crippen molar-refractivity contribution in [3.05, 3.63) is 41.9 Å². The number of aromatic nitrogens is 2. The van der Waals surface area contributed by atoms with Crippen molar-refractivity contribution < 1.29 is 4.39 Å². The van der Waals surface area contributed by atoms with E-state index in [1.54, 1.807) is 4.68 Å². The summed E-state index contributed by atoms with van der Waals surface area (Å²) in [6.07, 6.45) is 4.32. The monoisotopic (exact) mass is 316 g/mol. The van der Waals surface area contributed by atoms with Gasteiger partial charge in [-0.25, -0.2) is 4.39 Å². The second-order valence-corrected chi connectivity index (χ2v) is 7.48. The summed E-state index contributed by atoms with van der Waals surface area (Å²) in [5.74, 6) is -0.241. The molecule has 2 aromatic rings. The number of benzene rings is 1. The van der Waals surface area contributed by atoms with E-state index in [1.165, 1.54) is 12.1 Å². The Morgan fingerprint density at radius 1 is 1.26 bits per heavy atom. The summed E-state index contributed by atoms with van der Waals surface area (Å²) in [4.78, 5) is 2.36. The normalized spacial score (nSPS) is 19.9. The molecule has 2 heterocycles. The Morgan fingerprint density at radius 3 is 2.61 bits per heavy atom. The van der Waals surface area contributed by atoms with Crippen LogP contribution >= 0.6 is 0 Å². The largest absolute Gasteiger partial charge is 0.324 e. The number of nitrogens with zero attached hydrogens (tertiary/aromatic N) is 3. The Hall–Kier alpha value is -1.72. The van der Waals surface area contributed by atoms with Crippen molar-refractivity contribution in [3.63, 3.8) is 0 Å². The standard InChI is InChI=1S/C18H25FN4/c1-17(2,20)18(3,4)23-10-6-7-14(23)16-13-9-8-12(19)11-15(13)22(5)21-16/h6-9,11,14H,10,20H2,1-5H3. The maximum absolute atomic E-state index is 13.5. The van der Waals surface area contributed by atoms with Crippen LogP contribution in [0.15, 0.2) is 30.4 Å². The van der Waals surface area contributed by atoms with Gasteiger partial charge in [-0.2, -0.15) is 5.10 Å². The summed E-state index contributed by atoms with van der Waals surface area (Å²) in [5.41, 5.74) is 7.60. The Kier molecular flexibility index (Phi) is 3.61. The molecule has 124 valence electrons. The van der Waals surface area contributed by atoms with Gasteiger partial charge in [0.25, 0.3) is 0 Å². The molecule has 1 aromatic heterocycles. The molecule has 23 heavy (non-hydrogen) atoms. The van der Waals surface area contributed by atoms with Crippen LogP contribution in [0.25, 0.3) is 10.9 Å². The maximum Gasteiger partial charge on any atom is 0.125 e. The van der Waals surface area contributed by atoms with Crippen molar-refractivity contribution in [2.24, 2.45) is 12.8 Å². The molecule has 1 atom stereocenters. The van der Waals surface area contributed by atoms with E-state index in [0.717, 1.165) is 23.1 Å². The lowest BCUT2D eigenvalue weighted by atomic mass is 9.81. The van der Waals surface area contributed by atoms with Gasteiger partial charge in [-0.3, -0.25) is 9.58 Å². The van der Waals surface area contributed by atoms with Crippen LogP contribution in [-0.4, -0.2) is 32.3 Å². The van der Waals surface area contributed by atoms with Crippen LogP contribution < -0.4 is 5.73 Å². The van der Waals surface area contributed by atoms with Crippen molar-refractivity contribution in [3.8, 4) is 0 Å². The zero-order chi connectivity index (χ0) is 17.0. The van der Waals surface area contributed by atoms with Gasteiger partial charge in [-0.05, 0) is 45.9 Å². The zero-order valence-electron chi connectivity index (χ0n) is 14.5. The third-order valence-electron chi connectivity index (χ3n) is 5.37. The molecule has 0 aliphatic carbocycles. The summed E-state index contributed by atoms with van der Waals surface area (Å²) in [6.45, 7) is 9.26. The highest BCUT2D eigenvalue weighted by Crippen LogP contribution is 2.39. The lowest BCUT2D eigenvalue weighted by molar-refractivity contribution is 0.0533. The molecule has 1 aliphatic rings. The Balaban J connectivity index is 2.09. The number of hydrogen-bond acceptors (Lipinski definition) is 3. The fourth-order valence-corrected chi connectivity index (χ4v) is 3.18. The SMILES string of the molecule is Cn1nc(C2C=CCN2C(C)(C)C(C)(C)N)c2ccc(F)cc21. The van der Waals surface area contributed by atoms with Crippen LogP contribution in [-0.2, 0) is 7.05 Å². The highest BCUT2D eigenvalue weighted by atomic mass is 19.1. The highest BCUT2D eigenvalue weighted by molar-refractivity contribution is 5.82. The van der Waals surface area contributed by atoms with Crippen molar-refractivity contribution in [2.75, 3.05) is 6.54 Å². The minimum Gasteiger partial charge on any atom is -0.324 e. The first-order chi connectivity index (χ1) is 10.6. The predicted octanol–water partition coefficient (Wildman–Crippen LogP) is 3.14. The molecule has 1 aliphatic heterocycles. The fourth-order valence-electron chi connectivity index (χ4n) is 3.18. The van der Waals surface area contributed by atoms with Gasteiger partial charge in [0.05, 0.1) is 17.3 Å². The molecule has 0 radical (unpaired) electrons. The van der Waals surface area contributed by atoms with Crippen LogP contribution in [0.3, 0.4) is 0 Å². The van der Waals surface area contributed by atoms with E-state index < -0.39 is 0 Å². The van der Waals surface area contributed by atoms with E-state index in [1.807, 2.05) is 27.0 Å². The van der Waals surface area contributed by atoms with E-state index in [0.29, 0.717) is 0 Å². The molecular weight excluding hydrogens is 291 g/mol.